The van der Waals surface area contributed by atoms with Crippen molar-refractivity contribution in [3.63, 3.8) is 0 Å². The molecule has 4 nitrogen and oxygen atoms in total. The molecule has 1 N–H and O–H groups in total. The Morgan fingerprint density at radius 2 is 2.37 bits per heavy atom. The molecule has 0 radical (unpaired) electrons. The smallest absolute Gasteiger partial charge is 0.309 e. The van der Waals surface area contributed by atoms with E-state index in [0.717, 1.165) is 0 Å². The van der Waals surface area contributed by atoms with E-state index in [0.29, 0.717) is 28.4 Å². The van der Waals surface area contributed by atoms with Crippen molar-refractivity contribution in [1.29, 1.82) is 0 Å². The van der Waals surface area contributed by atoms with Crippen LogP contribution in [-0.2, 0) is 15.3 Å². The van der Waals surface area contributed by atoms with Crippen molar-refractivity contribution < 1.29 is 13.9 Å². The van der Waals surface area contributed by atoms with E-state index in [4.69, 9.17) is 0 Å². The number of ether oxygens (including phenoxy) is 1. The third-order valence-electron chi connectivity index (χ3n) is 2.72. The van der Waals surface area contributed by atoms with Crippen LogP contribution < -0.4 is 0 Å². The van der Waals surface area contributed by atoms with Gasteiger partial charge in [-0.15, -0.1) is 0 Å². The van der Waals surface area contributed by atoms with Gasteiger partial charge >= 0.3 is 5.97 Å². The van der Waals surface area contributed by atoms with Crippen molar-refractivity contribution in [2.24, 2.45) is 5.92 Å². The van der Waals surface area contributed by atoms with Crippen molar-refractivity contribution >= 4 is 28.8 Å². The number of nitrogens with zero attached hydrogens (tertiary/aromatic N) is 1. The SMILES string of the molecule is COC(=O)[C@H](C)CSCc1nc2c(F)cccc2[nH]1. The molecule has 6 heteroatoms. The molecule has 0 spiro atoms. The monoisotopic (exact) mass is 282 g/mol. The number of nitrogens with one attached hydrogen (secondary N) is 1. The summed E-state index contributed by atoms with van der Waals surface area (Å²) in [7, 11) is 1.38. The fourth-order valence-corrected chi connectivity index (χ4v) is 2.66. The summed E-state index contributed by atoms with van der Waals surface area (Å²) in [6, 6.07) is 4.82. The first kappa shape index (κ1) is 13.9. The summed E-state index contributed by atoms with van der Waals surface area (Å²) in [5.74, 6) is 1.26. The predicted octanol–water partition coefficient (Wildman–Crippen LogP) is 2.74. The van der Waals surface area contributed by atoms with Gasteiger partial charge in [-0.2, -0.15) is 11.8 Å². The number of para-hydroxylation sites is 1. The number of hydrogen-bond donors (Lipinski definition) is 1. The van der Waals surface area contributed by atoms with Crippen molar-refractivity contribution in [3.05, 3.63) is 29.8 Å². The van der Waals surface area contributed by atoms with Gasteiger partial charge in [-0.05, 0) is 12.1 Å². The topological polar surface area (TPSA) is 55.0 Å². The Morgan fingerprint density at radius 1 is 1.58 bits per heavy atom. The number of thioether (sulfide) groups is 1. The lowest BCUT2D eigenvalue weighted by molar-refractivity contribution is -0.143. The fraction of sp³-hybridized carbons (Fsp3) is 0.385. The van der Waals surface area contributed by atoms with Gasteiger partial charge < -0.3 is 9.72 Å². The molecule has 0 saturated carbocycles. The molecule has 1 aromatic heterocycles. The maximum absolute atomic E-state index is 13.5. The lowest BCUT2D eigenvalue weighted by atomic mass is 10.2. The Labute approximate surface area is 114 Å². The number of methoxy groups -OCH3 is 1. The molecule has 0 bridgehead atoms. The second-order valence-electron chi connectivity index (χ2n) is 4.26. The van der Waals surface area contributed by atoms with Gasteiger partial charge in [-0.3, -0.25) is 4.79 Å². The van der Waals surface area contributed by atoms with Crippen LogP contribution in [0, 0.1) is 11.7 Å². The second-order valence-corrected chi connectivity index (χ2v) is 5.29. The van der Waals surface area contributed by atoms with Gasteiger partial charge in [0.2, 0.25) is 0 Å². The number of fused-ring (bicyclic) bond motifs is 1. The summed E-state index contributed by atoms with van der Waals surface area (Å²) >= 11 is 1.56. The van der Waals surface area contributed by atoms with Gasteiger partial charge in [0.15, 0.2) is 5.82 Å². The summed E-state index contributed by atoms with van der Waals surface area (Å²) < 4.78 is 18.1. The average Bonchev–Trinajstić information content (AvgIpc) is 2.82. The lowest BCUT2D eigenvalue weighted by Gasteiger charge is -2.07. The number of H-pyrrole nitrogens is 1. The number of carbonyl (C=O) groups excluding carboxylic acids is 1. The van der Waals surface area contributed by atoms with Crippen LogP contribution in [0.15, 0.2) is 18.2 Å². The largest absolute Gasteiger partial charge is 0.469 e. The molecular formula is C13H15FN2O2S. The van der Waals surface area contributed by atoms with Crippen LogP contribution in [0.2, 0.25) is 0 Å². The number of aromatic nitrogens is 2. The third kappa shape index (κ3) is 3.26. The minimum Gasteiger partial charge on any atom is -0.469 e. The first-order chi connectivity index (χ1) is 9.11. The predicted molar refractivity (Wildman–Crippen MR) is 73.4 cm³/mol. The highest BCUT2D eigenvalue weighted by Crippen LogP contribution is 2.19. The highest BCUT2D eigenvalue weighted by molar-refractivity contribution is 7.98. The molecule has 0 aliphatic heterocycles. The quantitative estimate of drug-likeness (QED) is 0.857. The highest BCUT2D eigenvalue weighted by Gasteiger charge is 2.13. The van der Waals surface area contributed by atoms with E-state index >= 15 is 0 Å². The standard InChI is InChI=1S/C13H15FN2O2S/c1-8(13(17)18-2)6-19-7-11-15-10-5-3-4-9(14)12(10)16-11/h3-5,8H,6-7H2,1-2H3,(H,15,16)/t8-/m1/s1. The minimum absolute atomic E-state index is 0.156. The fourth-order valence-electron chi connectivity index (χ4n) is 1.72. The number of halogens is 1. The van der Waals surface area contributed by atoms with E-state index < -0.39 is 0 Å². The van der Waals surface area contributed by atoms with Gasteiger partial charge in [0, 0.05) is 5.75 Å². The molecular weight excluding hydrogens is 267 g/mol. The zero-order chi connectivity index (χ0) is 13.8. The molecule has 0 amide bonds. The molecule has 19 heavy (non-hydrogen) atoms. The number of hydrogen-bond acceptors (Lipinski definition) is 4. The van der Waals surface area contributed by atoms with Crippen LogP contribution in [0.5, 0.6) is 0 Å². The highest BCUT2D eigenvalue weighted by atomic mass is 32.2. The molecule has 102 valence electrons. The van der Waals surface area contributed by atoms with Crippen molar-refractivity contribution in [1.82, 2.24) is 9.97 Å². The molecule has 0 aliphatic rings. The van der Waals surface area contributed by atoms with Crippen LogP contribution in [0.3, 0.4) is 0 Å². The van der Waals surface area contributed by atoms with E-state index in [1.165, 1.54) is 13.2 Å². The summed E-state index contributed by atoms with van der Waals surface area (Å²) in [5.41, 5.74) is 1.05. The normalized spacial score (nSPS) is 12.6. The van der Waals surface area contributed by atoms with Gasteiger partial charge in [-0.25, -0.2) is 9.37 Å². The Hall–Kier alpha value is -1.56. The number of rotatable bonds is 5. The summed E-state index contributed by atoms with van der Waals surface area (Å²) in [5, 5.41) is 0. The van der Waals surface area contributed by atoms with E-state index in [1.54, 1.807) is 23.9 Å². The van der Waals surface area contributed by atoms with E-state index in [1.807, 2.05) is 6.92 Å². The molecule has 0 unspecified atom stereocenters. The van der Waals surface area contributed by atoms with Gasteiger partial charge in [-0.1, -0.05) is 13.0 Å². The van der Waals surface area contributed by atoms with Crippen LogP contribution in [0.25, 0.3) is 11.0 Å². The van der Waals surface area contributed by atoms with Crippen LogP contribution in [0.4, 0.5) is 4.39 Å². The van der Waals surface area contributed by atoms with E-state index in [-0.39, 0.29) is 17.7 Å². The molecule has 2 rings (SSSR count). The number of carbonyl (C=O) groups is 1. The van der Waals surface area contributed by atoms with Crippen molar-refractivity contribution in [2.75, 3.05) is 12.9 Å². The second kappa shape index (κ2) is 6.06. The Bertz CT molecular complexity index is 585. The van der Waals surface area contributed by atoms with Gasteiger partial charge in [0.25, 0.3) is 0 Å². The summed E-state index contributed by atoms with van der Waals surface area (Å²) in [4.78, 5) is 18.5. The summed E-state index contributed by atoms with van der Waals surface area (Å²) in [6.45, 7) is 1.82. The van der Waals surface area contributed by atoms with Gasteiger partial charge in [0.1, 0.15) is 11.3 Å². The van der Waals surface area contributed by atoms with Crippen molar-refractivity contribution in [2.45, 2.75) is 12.7 Å². The number of imidazole rings is 1. The lowest BCUT2D eigenvalue weighted by Crippen LogP contribution is -2.14. The Kier molecular flexibility index (Phi) is 4.42. The molecule has 0 aliphatic carbocycles. The number of benzene rings is 1. The first-order valence-corrected chi connectivity index (χ1v) is 7.06. The van der Waals surface area contributed by atoms with Crippen molar-refractivity contribution in [3.8, 4) is 0 Å². The van der Waals surface area contributed by atoms with Crippen LogP contribution in [0.1, 0.15) is 12.7 Å². The van der Waals surface area contributed by atoms with E-state index in [9.17, 15) is 9.18 Å². The molecule has 2 aromatic rings. The molecule has 1 aromatic carbocycles. The summed E-state index contributed by atoms with van der Waals surface area (Å²) in [6.07, 6.45) is 0. The number of aromatic amines is 1. The molecule has 1 atom stereocenters. The van der Waals surface area contributed by atoms with Crippen LogP contribution in [-0.4, -0.2) is 28.8 Å². The maximum atomic E-state index is 13.5. The third-order valence-corrected chi connectivity index (χ3v) is 3.94. The molecule has 1 heterocycles. The Balaban J connectivity index is 1.95. The average molecular weight is 282 g/mol. The maximum Gasteiger partial charge on any atom is 0.309 e. The minimum atomic E-state index is -0.326. The number of esters is 1. The molecule has 0 fully saturated rings. The zero-order valence-electron chi connectivity index (χ0n) is 10.8. The first-order valence-electron chi connectivity index (χ1n) is 5.90. The van der Waals surface area contributed by atoms with Gasteiger partial charge in [0.05, 0.1) is 24.3 Å². The van der Waals surface area contributed by atoms with Crippen LogP contribution >= 0.6 is 11.8 Å². The Morgan fingerprint density at radius 3 is 3.05 bits per heavy atom. The zero-order valence-corrected chi connectivity index (χ0v) is 11.6. The molecule has 0 saturated heterocycles. The van der Waals surface area contributed by atoms with E-state index in [2.05, 4.69) is 14.7 Å².